The van der Waals surface area contributed by atoms with Crippen LogP contribution in [0.15, 0.2) is 47.8 Å². The number of aromatic nitrogens is 5. The van der Waals surface area contributed by atoms with Gasteiger partial charge in [0.25, 0.3) is 0 Å². The Morgan fingerprint density at radius 3 is 2.68 bits per heavy atom. The molecular weight excluding hydrogens is 412 g/mol. The van der Waals surface area contributed by atoms with Crippen molar-refractivity contribution in [3.05, 3.63) is 75.5 Å². The lowest BCUT2D eigenvalue weighted by Gasteiger charge is -2.10. The van der Waals surface area contributed by atoms with Crippen LogP contribution in [0, 0.1) is 20.8 Å². The molecule has 0 aliphatic rings. The first-order valence-corrected chi connectivity index (χ1v) is 10.6. The van der Waals surface area contributed by atoms with Crippen molar-refractivity contribution in [3.8, 4) is 11.4 Å². The second-order valence-electron chi connectivity index (χ2n) is 7.20. The van der Waals surface area contributed by atoms with Crippen LogP contribution in [0.1, 0.15) is 27.7 Å². The van der Waals surface area contributed by atoms with Gasteiger partial charge in [0.1, 0.15) is 17.4 Å². The minimum absolute atomic E-state index is 0.139. The zero-order valence-corrected chi connectivity index (χ0v) is 18.3. The molecule has 158 valence electrons. The molecule has 8 nitrogen and oxygen atoms in total. The number of amides is 1. The number of benzene rings is 2. The number of tetrazole rings is 1. The number of ether oxygens (including phenoxy) is 1. The van der Waals surface area contributed by atoms with E-state index >= 15 is 0 Å². The van der Waals surface area contributed by atoms with Crippen molar-refractivity contribution >= 4 is 22.9 Å². The Morgan fingerprint density at radius 2 is 1.94 bits per heavy atom. The fourth-order valence-electron chi connectivity index (χ4n) is 3.02. The van der Waals surface area contributed by atoms with Gasteiger partial charge < -0.3 is 10.1 Å². The maximum Gasteiger partial charge on any atom is 0.230 e. The quantitative estimate of drug-likeness (QED) is 0.475. The molecule has 4 aromatic rings. The van der Waals surface area contributed by atoms with Gasteiger partial charge in [0, 0.05) is 11.1 Å². The highest BCUT2D eigenvalue weighted by Crippen LogP contribution is 2.20. The average molecular weight is 435 g/mol. The monoisotopic (exact) mass is 434 g/mol. The molecule has 2 heterocycles. The van der Waals surface area contributed by atoms with Crippen molar-refractivity contribution in [1.29, 1.82) is 0 Å². The number of carbonyl (C=O) groups is 1. The molecule has 1 N–H and O–H groups in total. The molecule has 9 heteroatoms. The van der Waals surface area contributed by atoms with Gasteiger partial charge in [-0.1, -0.05) is 23.8 Å². The van der Waals surface area contributed by atoms with Gasteiger partial charge in [0.2, 0.25) is 5.91 Å². The minimum atomic E-state index is -0.139. The molecule has 0 saturated heterocycles. The molecule has 0 saturated carbocycles. The summed E-state index contributed by atoms with van der Waals surface area (Å²) in [5.74, 6) is 1.34. The van der Waals surface area contributed by atoms with E-state index in [1.165, 1.54) is 16.9 Å². The molecule has 0 spiro atoms. The smallest absolute Gasteiger partial charge is 0.230 e. The van der Waals surface area contributed by atoms with Crippen LogP contribution in [0.2, 0.25) is 0 Å². The molecule has 0 unspecified atom stereocenters. The van der Waals surface area contributed by atoms with E-state index < -0.39 is 0 Å². The van der Waals surface area contributed by atoms with Crippen molar-refractivity contribution < 1.29 is 9.53 Å². The Kier molecular flexibility index (Phi) is 6.03. The van der Waals surface area contributed by atoms with Gasteiger partial charge in [-0.05, 0) is 61.0 Å². The van der Waals surface area contributed by atoms with Crippen LogP contribution in [0.5, 0.6) is 5.75 Å². The standard InChI is InChI=1S/C22H22N6O2S/c1-14-4-8-19(9-5-14)30-12-22-24-18(13-31-22)11-21(29)23-17-7-6-15(2)20(10-17)28-16(3)25-26-27-28/h4-10,13H,11-12H2,1-3H3,(H,23,29). The van der Waals surface area contributed by atoms with Gasteiger partial charge >= 0.3 is 0 Å². The van der Waals surface area contributed by atoms with E-state index in [0.29, 0.717) is 23.8 Å². The van der Waals surface area contributed by atoms with E-state index in [4.69, 9.17) is 4.74 Å². The van der Waals surface area contributed by atoms with Crippen molar-refractivity contribution in [3.63, 3.8) is 0 Å². The highest BCUT2D eigenvalue weighted by molar-refractivity contribution is 7.09. The highest BCUT2D eigenvalue weighted by atomic mass is 32.1. The van der Waals surface area contributed by atoms with E-state index in [0.717, 1.165) is 22.0 Å². The number of hydrogen-bond donors (Lipinski definition) is 1. The molecule has 2 aromatic heterocycles. The molecule has 0 atom stereocenters. The Labute approximate surface area is 183 Å². The summed E-state index contributed by atoms with van der Waals surface area (Å²) in [6.45, 7) is 6.21. The summed E-state index contributed by atoms with van der Waals surface area (Å²) in [5.41, 5.74) is 4.41. The topological polar surface area (TPSA) is 94.8 Å². The van der Waals surface area contributed by atoms with Crippen LogP contribution in [-0.4, -0.2) is 31.1 Å². The van der Waals surface area contributed by atoms with Gasteiger partial charge in [-0.2, -0.15) is 4.68 Å². The van der Waals surface area contributed by atoms with Crippen LogP contribution in [0.4, 0.5) is 5.69 Å². The van der Waals surface area contributed by atoms with Gasteiger partial charge in [0.05, 0.1) is 17.8 Å². The van der Waals surface area contributed by atoms with Gasteiger partial charge in [-0.25, -0.2) is 4.98 Å². The lowest BCUT2D eigenvalue weighted by molar-refractivity contribution is -0.115. The fourth-order valence-corrected chi connectivity index (χ4v) is 3.72. The largest absolute Gasteiger partial charge is 0.486 e. The van der Waals surface area contributed by atoms with E-state index in [2.05, 4.69) is 25.8 Å². The van der Waals surface area contributed by atoms with Crippen molar-refractivity contribution in [2.75, 3.05) is 5.32 Å². The van der Waals surface area contributed by atoms with E-state index in [-0.39, 0.29) is 12.3 Å². The summed E-state index contributed by atoms with van der Waals surface area (Å²) in [6.07, 6.45) is 0.189. The Hall–Kier alpha value is -3.59. The highest BCUT2D eigenvalue weighted by Gasteiger charge is 2.12. The number of rotatable bonds is 7. The van der Waals surface area contributed by atoms with Crippen molar-refractivity contribution in [1.82, 2.24) is 25.2 Å². The molecule has 0 radical (unpaired) electrons. The van der Waals surface area contributed by atoms with Crippen LogP contribution in [0.3, 0.4) is 0 Å². The zero-order valence-electron chi connectivity index (χ0n) is 17.5. The maximum absolute atomic E-state index is 12.5. The lowest BCUT2D eigenvalue weighted by Crippen LogP contribution is -2.15. The number of aryl methyl sites for hydroxylation is 3. The van der Waals surface area contributed by atoms with Gasteiger partial charge in [-0.3, -0.25) is 4.79 Å². The van der Waals surface area contributed by atoms with Gasteiger partial charge in [-0.15, -0.1) is 16.4 Å². The van der Waals surface area contributed by atoms with E-state index in [1.54, 1.807) is 4.68 Å². The Bertz CT molecular complexity index is 1200. The van der Waals surface area contributed by atoms with Crippen LogP contribution in [0.25, 0.3) is 5.69 Å². The maximum atomic E-state index is 12.5. The summed E-state index contributed by atoms with van der Waals surface area (Å²) < 4.78 is 7.40. The summed E-state index contributed by atoms with van der Waals surface area (Å²) in [5, 5.41) is 17.2. The normalized spacial score (nSPS) is 10.8. The zero-order chi connectivity index (χ0) is 21.8. The van der Waals surface area contributed by atoms with E-state index in [1.807, 2.05) is 68.6 Å². The van der Waals surface area contributed by atoms with Crippen LogP contribution in [-0.2, 0) is 17.8 Å². The number of carbonyl (C=O) groups excluding carboxylic acids is 1. The Morgan fingerprint density at radius 1 is 1.13 bits per heavy atom. The molecule has 31 heavy (non-hydrogen) atoms. The van der Waals surface area contributed by atoms with Gasteiger partial charge in [0.15, 0.2) is 5.82 Å². The molecule has 0 aliphatic carbocycles. The number of thiazole rings is 1. The SMILES string of the molecule is Cc1ccc(OCc2nc(CC(=O)Nc3ccc(C)c(-n4nnnc4C)c3)cs2)cc1. The third kappa shape index (κ3) is 5.13. The lowest BCUT2D eigenvalue weighted by atomic mass is 10.1. The summed E-state index contributed by atoms with van der Waals surface area (Å²) in [7, 11) is 0. The number of nitrogens with zero attached hydrogens (tertiary/aromatic N) is 5. The second-order valence-corrected chi connectivity index (χ2v) is 8.14. The number of hydrogen-bond acceptors (Lipinski definition) is 7. The molecule has 1 amide bonds. The molecule has 0 fully saturated rings. The molecule has 0 bridgehead atoms. The average Bonchev–Trinajstić information content (AvgIpc) is 3.37. The van der Waals surface area contributed by atoms with Crippen LogP contribution >= 0.6 is 11.3 Å². The van der Waals surface area contributed by atoms with E-state index in [9.17, 15) is 4.79 Å². The molecule has 2 aromatic carbocycles. The third-order valence-electron chi connectivity index (χ3n) is 4.67. The minimum Gasteiger partial charge on any atom is -0.486 e. The van der Waals surface area contributed by atoms with Crippen LogP contribution < -0.4 is 10.1 Å². The number of nitrogens with one attached hydrogen (secondary N) is 1. The summed E-state index contributed by atoms with van der Waals surface area (Å²) >= 11 is 1.48. The molecule has 4 rings (SSSR count). The fraction of sp³-hybridized carbons (Fsp3) is 0.227. The third-order valence-corrected chi connectivity index (χ3v) is 5.54. The first-order chi connectivity index (χ1) is 15.0. The predicted octanol–water partition coefficient (Wildman–Crippen LogP) is 3.80. The summed E-state index contributed by atoms with van der Waals surface area (Å²) in [6, 6.07) is 13.5. The van der Waals surface area contributed by atoms with Crippen molar-refractivity contribution in [2.24, 2.45) is 0 Å². The first kappa shape index (κ1) is 20.7. The predicted molar refractivity (Wildman–Crippen MR) is 119 cm³/mol. The second kappa shape index (κ2) is 9.05. The number of anilines is 1. The Balaban J connectivity index is 1.36. The molecule has 0 aliphatic heterocycles. The van der Waals surface area contributed by atoms with Crippen molar-refractivity contribution in [2.45, 2.75) is 33.8 Å². The first-order valence-electron chi connectivity index (χ1n) is 9.76. The molecular formula is C22H22N6O2S. The summed E-state index contributed by atoms with van der Waals surface area (Å²) in [4.78, 5) is 17.0.